The molecule has 0 saturated carbocycles. The third kappa shape index (κ3) is 1.90. The normalized spacial score (nSPS) is 35.9. The van der Waals surface area contributed by atoms with Crippen molar-refractivity contribution in [2.45, 2.75) is 31.0 Å². The molecule has 1 aromatic rings. The van der Waals surface area contributed by atoms with Crippen molar-refractivity contribution < 1.29 is 19.3 Å². The Bertz CT molecular complexity index is 502. The number of ether oxygens (including phenoxy) is 1. The van der Waals surface area contributed by atoms with Gasteiger partial charge in [-0.25, -0.2) is 4.39 Å². The van der Waals surface area contributed by atoms with Crippen molar-refractivity contribution >= 4 is 5.69 Å². The van der Waals surface area contributed by atoms with Crippen LogP contribution in [0.25, 0.3) is 0 Å². The number of hydrogen-bond acceptors (Lipinski definition) is 5. The maximum Gasteiger partial charge on any atom is 0.254 e. The topological polar surface area (TPSA) is 97.7 Å². The van der Waals surface area contributed by atoms with Gasteiger partial charge in [0, 0.05) is 18.0 Å². The zero-order valence-electron chi connectivity index (χ0n) is 9.78. The SMILES string of the molecule is C[C@@]1(F)[C@H](O)[C@@H](CO)O[C@H]1n1ccc(N)cc1=O. The monoisotopic (exact) mass is 258 g/mol. The molecule has 100 valence electrons. The second-order valence-electron chi connectivity index (χ2n) is 4.51. The molecule has 1 fully saturated rings. The van der Waals surface area contributed by atoms with Gasteiger partial charge >= 0.3 is 0 Å². The highest BCUT2D eigenvalue weighted by Crippen LogP contribution is 2.40. The maximum atomic E-state index is 14.4. The van der Waals surface area contributed by atoms with Crippen molar-refractivity contribution in [3.63, 3.8) is 0 Å². The molecule has 2 rings (SSSR count). The summed E-state index contributed by atoms with van der Waals surface area (Å²) in [6, 6.07) is 2.57. The summed E-state index contributed by atoms with van der Waals surface area (Å²) in [5.74, 6) is 0. The molecule has 0 radical (unpaired) electrons. The number of rotatable bonds is 2. The number of alkyl halides is 1. The lowest BCUT2D eigenvalue weighted by Gasteiger charge is -2.25. The lowest BCUT2D eigenvalue weighted by Crippen LogP contribution is -2.42. The summed E-state index contributed by atoms with van der Waals surface area (Å²) in [4.78, 5) is 11.7. The zero-order chi connectivity index (χ0) is 13.5. The quantitative estimate of drug-likeness (QED) is 0.658. The van der Waals surface area contributed by atoms with Crippen LogP contribution in [0.5, 0.6) is 0 Å². The summed E-state index contributed by atoms with van der Waals surface area (Å²) in [6.07, 6.45) is -2.56. The Kier molecular flexibility index (Phi) is 3.14. The van der Waals surface area contributed by atoms with Gasteiger partial charge in [0.15, 0.2) is 11.9 Å². The van der Waals surface area contributed by atoms with Gasteiger partial charge in [-0.3, -0.25) is 9.36 Å². The van der Waals surface area contributed by atoms with Gasteiger partial charge in [-0.15, -0.1) is 0 Å². The highest BCUT2D eigenvalue weighted by atomic mass is 19.1. The molecular formula is C11H15FN2O4. The summed E-state index contributed by atoms with van der Waals surface area (Å²) in [7, 11) is 0. The van der Waals surface area contributed by atoms with Gasteiger partial charge < -0.3 is 20.7 Å². The number of pyridine rings is 1. The molecule has 0 bridgehead atoms. The minimum atomic E-state index is -2.17. The van der Waals surface area contributed by atoms with Crippen molar-refractivity contribution in [2.24, 2.45) is 0 Å². The third-order valence-electron chi connectivity index (χ3n) is 3.12. The van der Waals surface area contributed by atoms with E-state index in [2.05, 4.69) is 0 Å². The van der Waals surface area contributed by atoms with Gasteiger partial charge in [0.2, 0.25) is 0 Å². The van der Waals surface area contributed by atoms with E-state index in [1.807, 2.05) is 0 Å². The van der Waals surface area contributed by atoms with Crippen molar-refractivity contribution in [2.75, 3.05) is 12.3 Å². The van der Waals surface area contributed by atoms with E-state index >= 15 is 0 Å². The molecule has 6 nitrogen and oxygen atoms in total. The number of nitrogens with two attached hydrogens (primary N) is 1. The molecule has 2 heterocycles. The standard InChI is InChI=1S/C11H15FN2O4/c1-11(12)9(17)7(5-15)18-10(11)14-3-2-6(13)4-8(14)16/h2-4,7,9-10,15,17H,5,13H2,1H3/t7-,9-,10-,11-/m1/s1. The second kappa shape index (κ2) is 4.34. The van der Waals surface area contributed by atoms with Crippen LogP contribution in [0.15, 0.2) is 23.1 Å². The molecule has 1 aliphatic rings. The van der Waals surface area contributed by atoms with E-state index in [0.29, 0.717) is 0 Å². The van der Waals surface area contributed by atoms with Crippen LogP contribution >= 0.6 is 0 Å². The minimum Gasteiger partial charge on any atom is -0.399 e. The van der Waals surface area contributed by atoms with Crippen LogP contribution in [0.3, 0.4) is 0 Å². The van der Waals surface area contributed by atoms with Crippen molar-refractivity contribution in [1.29, 1.82) is 0 Å². The zero-order valence-corrected chi connectivity index (χ0v) is 9.78. The van der Waals surface area contributed by atoms with Crippen LogP contribution in [-0.4, -0.2) is 39.3 Å². The van der Waals surface area contributed by atoms with E-state index in [1.54, 1.807) is 0 Å². The summed E-state index contributed by atoms with van der Waals surface area (Å²) in [5.41, 5.74) is 2.99. The number of aromatic nitrogens is 1. The molecule has 1 aliphatic heterocycles. The van der Waals surface area contributed by atoms with Gasteiger partial charge in [0.25, 0.3) is 5.56 Å². The molecule has 7 heteroatoms. The first-order chi connectivity index (χ1) is 8.37. The van der Waals surface area contributed by atoms with E-state index in [0.717, 1.165) is 17.6 Å². The van der Waals surface area contributed by atoms with Crippen molar-refractivity contribution in [1.82, 2.24) is 4.57 Å². The fraction of sp³-hybridized carbons (Fsp3) is 0.545. The average Bonchev–Trinajstić information content (AvgIpc) is 2.52. The lowest BCUT2D eigenvalue weighted by atomic mass is 9.98. The molecule has 0 unspecified atom stereocenters. The maximum absolute atomic E-state index is 14.4. The summed E-state index contributed by atoms with van der Waals surface area (Å²) in [5, 5.41) is 18.7. The number of nitrogens with zero attached hydrogens (tertiary/aromatic N) is 1. The van der Waals surface area contributed by atoms with E-state index < -0.39 is 36.3 Å². The van der Waals surface area contributed by atoms with E-state index in [-0.39, 0.29) is 5.69 Å². The molecule has 4 atom stereocenters. The van der Waals surface area contributed by atoms with Gasteiger partial charge in [0.1, 0.15) is 12.2 Å². The second-order valence-corrected chi connectivity index (χ2v) is 4.51. The molecule has 0 aliphatic carbocycles. The Morgan fingerprint density at radius 1 is 1.67 bits per heavy atom. The molecule has 4 N–H and O–H groups in total. The average molecular weight is 258 g/mol. The number of aliphatic hydroxyl groups excluding tert-OH is 2. The number of nitrogen functional groups attached to an aromatic ring is 1. The number of hydrogen-bond donors (Lipinski definition) is 3. The molecular weight excluding hydrogens is 243 g/mol. The van der Waals surface area contributed by atoms with Crippen molar-refractivity contribution in [3.05, 3.63) is 28.7 Å². The van der Waals surface area contributed by atoms with Gasteiger partial charge in [0.05, 0.1) is 6.61 Å². The Labute approximate surface area is 102 Å². The Balaban J connectivity index is 2.42. The van der Waals surface area contributed by atoms with Crippen LogP contribution in [0, 0.1) is 0 Å². The smallest absolute Gasteiger partial charge is 0.254 e. The van der Waals surface area contributed by atoms with Crippen LogP contribution in [-0.2, 0) is 4.74 Å². The van der Waals surface area contributed by atoms with Crippen LogP contribution < -0.4 is 11.3 Å². The highest BCUT2D eigenvalue weighted by molar-refractivity contribution is 5.34. The van der Waals surface area contributed by atoms with Crippen LogP contribution in [0.4, 0.5) is 10.1 Å². The first-order valence-corrected chi connectivity index (χ1v) is 5.49. The van der Waals surface area contributed by atoms with Gasteiger partial charge in [-0.1, -0.05) is 0 Å². The number of anilines is 1. The predicted octanol–water partition coefficient (Wildman–Crippen LogP) is -0.591. The molecule has 18 heavy (non-hydrogen) atoms. The molecule has 1 aromatic heterocycles. The van der Waals surface area contributed by atoms with Crippen LogP contribution in [0.2, 0.25) is 0 Å². The minimum absolute atomic E-state index is 0.258. The largest absolute Gasteiger partial charge is 0.399 e. The van der Waals surface area contributed by atoms with E-state index in [4.69, 9.17) is 15.6 Å². The predicted molar refractivity (Wildman–Crippen MR) is 61.6 cm³/mol. The summed E-state index contributed by atoms with van der Waals surface area (Å²) < 4.78 is 20.6. The van der Waals surface area contributed by atoms with Gasteiger partial charge in [-0.2, -0.15) is 0 Å². The molecule has 0 spiro atoms. The van der Waals surface area contributed by atoms with Gasteiger partial charge in [-0.05, 0) is 13.0 Å². The summed E-state index contributed by atoms with van der Waals surface area (Å²) >= 11 is 0. The molecule has 0 aromatic carbocycles. The Morgan fingerprint density at radius 2 is 2.33 bits per heavy atom. The van der Waals surface area contributed by atoms with E-state index in [1.165, 1.54) is 12.3 Å². The fourth-order valence-electron chi connectivity index (χ4n) is 2.06. The summed E-state index contributed by atoms with van der Waals surface area (Å²) in [6.45, 7) is 0.599. The van der Waals surface area contributed by atoms with Crippen molar-refractivity contribution in [3.8, 4) is 0 Å². The number of halogens is 1. The first kappa shape index (κ1) is 13.0. The fourth-order valence-corrected chi connectivity index (χ4v) is 2.06. The Morgan fingerprint density at radius 3 is 2.83 bits per heavy atom. The van der Waals surface area contributed by atoms with Crippen LogP contribution in [0.1, 0.15) is 13.2 Å². The molecule has 1 saturated heterocycles. The molecule has 0 amide bonds. The number of aliphatic hydroxyl groups is 2. The Hall–Kier alpha value is -1.44. The first-order valence-electron chi connectivity index (χ1n) is 5.49. The highest BCUT2D eigenvalue weighted by Gasteiger charge is 2.54. The lowest BCUT2D eigenvalue weighted by molar-refractivity contribution is -0.0604. The third-order valence-corrected chi connectivity index (χ3v) is 3.12. The van der Waals surface area contributed by atoms with E-state index in [9.17, 15) is 14.3 Å².